The maximum Gasteiger partial charge on any atom is 0.357 e. The molecule has 3 rings (SSSR count). The number of benzene rings is 2. The van der Waals surface area contributed by atoms with E-state index in [9.17, 15) is 4.79 Å². The lowest BCUT2D eigenvalue weighted by Crippen LogP contribution is -2.39. The van der Waals surface area contributed by atoms with Crippen LogP contribution in [-0.4, -0.2) is 12.6 Å². The third kappa shape index (κ3) is 3.47. The molecule has 0 atom stereocenters. The molecule has 4 heteroatoms. The van der Waals surface area contributed by atoms with E-state index in [1.807, 2.05) is 67.3 Å². The van der Waals surface area contributed by atoms with E-state index in [4.69, 9.17) is 4.74 Å². The Bertz CT molecular complexity index is 870. The Labute approximate surface area is 161 Å². The summed E-state index contributed by atoms with van der Waals surface area (Å²) in [7, 11) is 0. The predicted octanol–water partition coefficient (Wildman–Crippen LogP) is 5.45. The number of carbonyl (C=O) groups excluding carboxylic acids is 1. The van der Waals surface area contributed by atoms with E-state index < -0.39 is 0 Å². The van der Waals surface area contributed by atoms with Crippen molar-refractivity contribution in [3.8, 4) is 0 Å². The summed E-state index contributed by atoms with van der Waals surface area (Å²) in [6, 6.07) is 20.1. The van der Waals surface area contributed by atoms with Crippen LogP contribution < -0.4 is 9.80 Å². The van der Waals surface area contributed by atoms with Gasteiger partial charge in [-0.25, -0.2) is 4.79 Å². The monoisotopic (exact) mass is 362 g/mol. The molecule has 1 heterocycles. The highest BCUT2D eigenvalue weighted by Crippen LogP contribution is 2.39. The van der Waals surface area contributed by atoms with Crippen LogP contribution in [0.1, 0.15) is 34.1 Å². The zero-order chi connectivity index (χ0) is 19.4. The van der Waals surface area contributed by atoms with E-state index in [-0.39, 0.29) is 5.97 Å². The number of hydrogen-bond donors (Lipinski definition) is 0. The first-order valence-corrected chi connectivity index (χ1v) is 9.38. The fourth-order valence-corrected chi connectivity index (χ4v) is 3.62. The summed E-state index contributed by atoms with van der Waals surface area (Å²) in [6.07, 6.45) is 0.792. The molecule has 0 aromatic heterocycles. The average molecular weight is 362 g/mol. The molecule has 0 unspecified atom stereocenters. The number of hydrogen-bond acceptors (Lipinski definition) is 4. The van der Waals surface area contributed by atoms with E-state index in [0.29, 0.717) is 12.3 Å². The second-order valence-electron chi connectivity index (χ2n) is 6.38. The molecule has 2 aromatic carbocycles. The molecule has 27 heavy (non-hydrogen) atoms. The van der Waals surface area contributed by atoms with E-state index in [0.717, 1.165) is 34.9 Å². The minimum atomic E-state index is -0.307. The van der Waals surface area contributed by atoms with E-state index in [2.05, 4.69) is 30.9 Å². The molecule has 140 valence electrons. The van der Waals surface area contributed by atoms with Crippen molar-refractivity contribution in [1.29, 1.82) is 0 Å². The number of nitrogens with zero attached hydrogens (tertiary/aromatic N) is 2. The van der Waals surface area contributed by atoms with Crippen LogP contribution in [0.25, 0.3) is 0 Å². The summed E-state index contributed by atoms with van der Waals surface area (Å²) in [6.45, 7) is 8.37. The van der Waals surface area contributed by atoms with Crippen LogP contribution in [0, 0.1) is 0 Å². The Morgan fingerprint density at radius 1 is 0.815 bits per heavy atom. The quantitative estimate of drug-likeness (QED) is 0.662. The summed E-state index contributed by atoms with van der Waals surface area (Å²) in [4.78, 5) is 17.2. The van der Waals surface area contributed by atoms with Crippen LogP contribution in [0.15, 0.2) is 83.5 Å². The molecule has 0 fully saturated rings. The molecular formula is C23H26N2O2. The molecule has 1 aliphatic heterocycles. The molecule has 0 saturated heterocycles. The third-order valence-electron chi connectivity index (χ3n) is 4.76. The number of carbonyl (C=O) groups is 1. The van der Waals surface area contributed by atoms with Gasteiger partial charge in [-0.05, 0) is 51.5 Å². The Kier molecular flexibility index (Phi) is 5.65. The van der Waals surface area contributed by atoms with Crippen molar-refractivity contribution in [3.63, 3.8) is 0 Å². The van der Waals surface area contributed by atoms with Gasteiger partial charge < -0.3 is 14.5 Å². The third-order valence-corrected chi connectivity index (χ3v) is 4.76. The van der Waals surface area contributed by atoms with Crippen LogP contribution in [0.2, 0.25) is 0 Å². The van der Waals surface area contributed by atoms with Gasteiger partial charge >= 0.3 is 5.97 Å². The van der Waals surface area contributed by atoms with E-state index >= 15 is 0 Å². The first-order chi connectivity index (χ1) is 13.1. The van der Waals surface area contributed by atoms with Gasteiger partial charge in [-0.15, -0.1) is 0 Å². The van der Waals surface area contributed by atoms with Crippen molar-refractivity contribution in [1.82, 2.24) is 0 Å². The molecule has 0 bridgehead atoms. The van der Waals surface area contributed by atoms with Gasteiger partial charge in [0.05, 0.1) is 12.3 Å². The normalized spacial score (nSPS) is 14.7. The van der Waals surface area contributed by atoms with Crippen LogP contribution in [0.3, 0.4) is 0 Å². The van der Waals surface area contributed by atoms with Gasteiger partial charge in [0, 0.05) is 22.8 Å². The number of para-hydroxylation sites is 2. The second kappa shape index (κ2) is 8.12. The first kappa shape index (κ1) is 18.8. The molecule has 0 N–H and O–H groups in total. The van der Waals surface area contributed by atoms with Crippen LogP contribution in [0.4, 0.5) is 11.4 Å². The number of rotatable bonds is 5. The Balaban J connectivity index is 2.24. The lowest BCUT2D eigenvalue weighted by Gasteiger charge is -2.41. The van der Waals surface area contributed by atoms with Gasteiger partial charge in [0.15, 0.2) is 5.70 Å². The maximum absolute atomic E-state index is 13.0. The highest BCUT2D eigenvalue weighted by atomic mass is 16.5. The standard InChI is InChI=1S/C23H26N2O2/c1-5-21-17(3)24(19-13-9-7-10-14-19)18(4)22(23(26)27-6-2)25(21)20-15-11-8-12-16-20/h7-16H,5-6H2,1-4H3. The summed E-state index contributed by atoms with van der Waals surface area (Å²) >= 11 is 0. The Morgan fingerprint density at radius 3 is 1.81 bits per heavy atom. The van der Waals surface area contributed by atoms with E-state index in [1.54, 1.807) is 0 Å². The summed E-state index contributed by atoms with van der Waals surface area (Å²) < 4.78 is 5.43. The number of allylic oxidation sites excluding steroid dienone is 3. The van der Waals surface area contributed by atoms with Crippen molar-refractivity contribution in [2.45, 2.75) is 34.1 Å². The van der Waals surface area contributed by atoms with Gasteiger partial charge in [-0.1, -0.05) is 43.3 Å². The molecule has 4 nitrogen and oxygen atoms in total. The Hall–Kier alpha value is -3.01. The molecule has 0 amide bonds. The molecule has 0 saturated carbocycles. The molecule has 1 aliphatic rings. The predicted molar refractivity (Wildman–Crippen MR) is 110 cm³/mol. The highest BCUT2D eigenvalue weighted by Gasteiger charge is 2.34. The van der Waals surface area contributed by atoms with Gasteiger partial charge in [0.2, 0.25) is 0 Å². The number of ether oxygens (including phenoxy) is 1. The van der Waals surface area contributed by atoms with Crippen LogP contribution >= 0.6 is 0 Å². The van der Waals surface area contributed by atoms with Crippen molar-refractivity contribution in [2.24, 2.45) is 0 Å². The molecular weight excluding hydrogens is 336 g/mol. The summed E-state index contributed by atoms with van der Waals surface area (Å²) in [5, 5.41) is 0. The van der Waals surface area contributed by atoms with Crippen molar-refractivity contribution in [2.75, 3.05) is 16.4 Å². The second-order valence-corrected chi connectivity index (χ2v) is 6.38. The zero-order valence-corrected chi connectivity index (χ0v) is 16.4. The molecule has 0 radical (unpaired) electrons. The van der Waals surface area contributed by atoms with Gasteiger partial charge in [0.25, 0.3) is 0 Å². The topological polar surface area (TPSA) is 32.8 Å². The van der Waals surface area contributed by atoms with Gasteiger partial charge in [-0.2, -0.15) is 0 Å². The fourth-order valence-electron chi connectivity index (χ4n) is 3.62. The SMILES string of the molecule is CCOC(=O)C1=C(C)N(c2ccccc2)C(C)=C(CC)N1c1ccccc1. The number of esters is 1. The molecule has 2 aromatic rings. The van der Waals surface area contributed by atoms with Gasteiger partial charge in [0.1, 0.15) is 0 Å². The smallest absolute Gasteiger partial charge is 0.357 e. The molecule has 0 aliphatic carbocycles. The van der Waals surface area contributed by atoms with Gasteiger partial charge in [-0.3, -0.25) is 0 Å². The van der Waals surface area contributed by atoms with Crippen molar-refractivity contribution >= 4 is 17.3 Å². The molecule has 0 spiro atoms. The summed E-state index contributed by atoms with van der Waals surface area (Å²) in [5.74, 6) is -0.307. The highest BCUT2D eigenvalue weighted by molar-refractivity contribution is 5.97. The van der Waals surface area contributed by atoms with E-state index in [1.165, 1.54) is 0 Å². The minimum Gasteiger partial charge on any atom is -0.461 e. The van der Waals surface area contributed by atoms with Crippen molar-refractivity contribution < 1.29 is 9.53 Å². The maximum atomic E-state index is 13.0. The largest absolute Gasteiger partial charge is 0.461 e. The van der Waals surface area contributed by atoms with Crippen LogP contribution in [0.5, 0.6) is 0 Å². The zero-order valence-electron chi connectivity index (χ0n) is 16.4. The van der Waals surface area contributed by atoms with Crippen LogP contribution in [-0.2, 0) is 9.53 Å². The minimum absolute atomic E-state index is 0.307. The Morgan fingerprint density at radius 2 is 1.33 bits per heavy atom. The number of anilines is 2. The summed E-state index contributed by atoms with van der Waals surface area (Å²) in [5.41, 5.74) is 5.61. The lowest BCUT2D eigenvalue weighted by molar-refractivity contribution is -0.138. The lowest BCUT2D eigenvalue weighted by atomic mass is 10.1. The average Bonchev–Trinajstić information content (AvgIpc) is 2.69. The fraction of sp³-hybridized carbons (Fsp3) is 0.261. The first-order valence-electron chi connectivity index (χ1n) is 9.38. The van der Waals surface area contributed by atoms with Crippen molar-refractivity contribution in [3.05, 3.63) is 83.5 Å².